The summed E-state index contributed by atoms with van der Waals surface area (Å²) in [6.45, 7) is 9.80. The smallest absolute Gasteiger partial charge is 0.0524 e. The Morgan fingerprint density at radius 3 is 2.71 bits per heavy atom. The van der Waals surface area contributed by atoms with Gasteiger partial charge in [0, 0.05) is 18.8 Å². The molecule has 0 aliphatic rings. The van der Waals surface area contributed by atoms with Crippen molar-refractivity contribution < 1.29 is 0 Å². The quantitative estimate of drug-likeness (QED) is 0.628. The summed E-state index contributed by atoms with van der Waals surface area (Å²) in [6, 6.07) is 0. The molecule has 0 aliphatic carbocycles. The number of rotatable bonds is 5. The summed E-state index contributed by atoms with van der Waals surface area (Å²) in [5.74, 6) is 0. The first-order valence-corrected chi connectivity index (χ1v) is 6.25. The van der Waals surface area contributed by atoms with Crippen LogP contribution in [-0.4, -0.2) is 21.9 Å². The maximum Gasteiger partial charge on any atom is 0.0524 e. The van der Waals surface area contributed by atoms with Crippen LogP contribution in [0, 0.1) is 0 Å². The van der Waals surface area contributed by atoms with Gasteiger partial charge in [-0.1, -0.05) is 11.6 Å². The van der Waals surface area contributed by atoms with E-state index >= 15 is 0 Å². The average Bonchev–Trinajstić information content (AvgIpc) is 2.57. The molecule has 0 atom stereocenters. The van der Waals surface area contributed by atoms with Gasteiger partial charge in [-0.15, -0.1) is 0 Å². The van der Waals surface area contributed by atoms with Gasteiger partial charge < -0.3 is 5.32 Å². The van der Waals surface area contributed by atoms with Crippen molar-refractivity contribution in [3.8, 4) is 0 Å². The molecule has 0 fully saturated rings. The van der Waals surface area contributed by atoms with Crippen molar-refractivity contribution in [2.24, 2.45) is 7.05 Å². The van der Waals surface area contributed by atoms with Crippen LogP contribution >= 0.6 is 0 Å². The molecule has 17 heavy (non-hydrogen) atoms. The van der Waals surface area contributed by atoms with Gasteiger partial charge in [-0.25, -0.2) is 0 Å². The molecule has 0 spiro atoms. The minimum absolute atomic E-state index is 0.213. The summed E-state index contributed by atoms with van der Waals surface area (Å²) >= 11 is 0. The molecule has 0 radical (unpaired) electrons. The van der Waals surface area contributed by atoms with Crippen molar-refractivity contribution in [3.05, 3.63) is 29.6 Å². The van der Waals surface area contributed by atoms with E-state index in [2.05, 4.69) is 50.4 Å². The molecule has 1 heterocycles. The fraction of sp³-hybridized carbons (Fsp3) is 0.643. The number of nitrogens with one attached hydrogen (secondary N) is 1. The third-order valence-corrected chi connectivity index (χ3v) is 2.53. The summed E-state index contributed by atoms with van der Waals surface area (Å²) in [6.07, 6.45) is 8.41. The summed E-state index contributed by atoms with van der Waals surface area (Å²) in [5, 5.41) is 7.66. The van der Waals surface area contributed by atoms with Crippen LogP contribution in [0.1, 0.15) is 39.7 Å². The van der Waals surface area contributed by atoms with E-state index in [1.54, 1.807) is 0 Å². The van der Waals surface area contributed by atoms with Gasteiger partial charge in [0.05, 0.1) is 6.20 Å². The molecule has 96 valence electrons. The Balaban J connectivity index is 2.30. The van der Waals surface area contributed by atoms with Crippen molar-refractivity contribution in [1.82, 2.24) is 15.1 Å². The summed E-state index contributed by atoms with van der Waals surface area (Å²) in [5.41, 5.74) is 2.91. The monoisotopic (exact) mass is 235 g/mol. The van der Waals surface area contributed by atoms with Crippen molar-refractivity contribution >= 4 is 0 Å². The lowest BCUT2D eigenvalue weighted by Crippen LogP contribution is -2.36. The highest BCUT2D eigenvalue weighted by atomic mass is 15.2. The second-order valence-corrected chi connectivity index (χ2v) is 5.71. The highest BCUT2D eigenvalue weighted by Crippen LogP contribution is 2.07. The van der Waals surface area contributed by atoms with Crippen LogP contribution in [0.25, 0.3) is 0 Å². The highest BCUT2D eigenvalue weighted by molar-refractivity contribution is 5.14. The van der Waals surface area contributed by atoms with Crippen LogP contribution in [0.4, 0.5) is 0 Å². The van der Waals surface area contributed by atoms with Crippen LogP contribution < -0.4 is 5.32 Å². The molecule has 1 aromatic heterocycles. The van der Waals surface area contributed by atoms with Crippen molar-refractivity contribution in [3.63, 3.8) is 0 Å². The average molecular weight is 235 g/mol. The molecule has 0 aliphatic heterocycles. The number of aromatic nitrogens is 2. The molecule has 3 nitrogen and oxygen atoms in total. The molecule has 1 aromatic rings. The van der Waals surface area contributed by atoms with E-state index in [1.165, 1.54) is 11.1 Å². The molecule has 1 N–H and O–H groups in total. The number of hydrogen-bond acceptors (Lipinski definition) is 2. The minimum Gasteiger partial charge on any atom is -0.312 e. The van der Waals surface area contributed by atoms with E-state index in [1.807, 2.05) is 17.9 Å². The van der Waals surface area contributed by atoms with Crippen molar-refractivity contribution in [2.75, 3.05) is 6.54 Å². The maximum absolute atomic E-state index is 4.18. The highest BCUT2D eigenvalue weighted by Gasteiger charge is 2.06. The largest absolute Gasteiger partial charge is 0.312 e. The van der Waals surface area contributed by atoms with Gasteiger partial charge >= 0.3 is 0 Å². The molecular weight excluding hydrogens is 210 g/mol. The molecule has 0 aromatic carbocycles. The number of nitrogens with zero attached hydrogens (tertiary/aromatic N) is 2. The lowest BCUT2D eigenvalue weighted by atomic mass is 10.1. The Kier molecular flexibility index (Phi) is 4.94. The van der Waals surface area contributed by atoms with Gasteiger partial charge in [-0.05, 0) is 52.6 Å². The fourth-order valence-electron chi connectivity index (χ4n) is 1.72. The van der Waals surface area contributed by atoms with Crippen LogP contribution in [0.2, 0.25) is 0 Å². The van der Waals surface area contributed by atoms with Gasteiger partial charge in [0.25, 0.3) is 0 Å². The molecule has 0 unspecified atom stereocenters. The topological polar surface area (TPSA) is 29.9 Å². The zero-order valence-corrected chi connectivity index (χ0v) is 11.7. The van der Waals surface area contributed by atoms with E-state index in [0.29, 0.717) is 0 Å². The van der Waals surface area contributed by atoms with Gasteiger partial charge in [-0.2, -0.15) is 5.10 Å². The molecule has 0 saturated carbocycles. The molecule has 3 heteroatoms. The second-order valence-electron chi connectivity index (χ2n) is 5.71. The first-order chi connectivity index (χ1) is 7.87. The normalized spacial score (nSPS) is 13.1. The SMILES string of the molecule is CC(=CCCNC(C)(C)C)Cc1cnn(C)c1. The Bertz CT molecular complexity index is 369. The molecular formula is C14H25N3. The lowest BCUT2D eigenvalue weighted by molar-refractivity contribution is 0.431. The predicted octanol–water partition coefficient (Wildman–Crippen LogP) is 2.69. The molecule has 1 rings (SSSR count). The minimum atomic E-state index is 0.213. The Morgan fingerprint density at radius 2 is 2.18 bits per heavy atom. The van der Waals surface area contributed by atoms with E-state index < -0.39 is 0 Å². The molecule has 0 bridgehead atoms. The summed E-state index contributed by atoms with van der Waals surface area (Å²) in [7, 11) is 1.95. The van der Waals surface area contributed by atoms with Gasteiger partial charge in [-0.3, -0.25) is 4.68 Å². The van der Waals surface area contributed by atoms with E-state index in [0.717, 1.165) is 19.4 Å². The summed E-state index contributed by atoms with van der Waals surface area (Å²) in [4.78, 5) is 0. The third-order valence-electron chi connectivity index (χ3n) is 2.53. The fourth-order valence-corrected chi connectivity index (χ4v) is 1.72. The number of hydrogen-bond donors (Lipinski definition) is 1. The van der Waals surface area contributed by atoms with Crippen molar-refractivity contribution in [2.45, 2.75) is 46.1 Å². The van der Waals surface area contributed by atoms with E-state index in [9.17, 15) is 0 Å². The lowest BCUT2D eigenvalue weighted by Gasteiger charge is -2.19. The summed E-state index contributed by atoms with van der Waals surface area (Å²) < 4.78 is 1.85. The predicted molar refractivity (Wildman–Crippen MR) is 73.0 cm³/mol. The zero-order valence-electron chi connectivity index (χ0n) is 11.7. The Hall–Kier alpha value is -1.09. The Morgan fingerprint density at radius 1 is 1.47 bits per heavy atom. The molecule has 0 amide bonds. The van der Waals surface area contributed by atoms with E-state index in [4.69, 9.17) is 0 Å². The van der Waals surface area contributed by atoms with Crippen molar-refractivity contribution in [1.29, 1.82) is 0 Å². The van der Waals surface area contributed by atoms with E-state index in [-0.39, 0.29) is 5.54 Å². The van der Waals surface area contributed by atoms with Crippen LogP contribution in [-0.2, 0) is 13.5 Å². The number of allylic oxidation sites excluding steroid dienone is 1. The number of aryl methyl sites for hydroxylation is 1. The maximum atomic E-state index is 4.18. The van der Waals surface area contributed by atoms with Gasteiger partial charge in [0.15, 0.2) is 0 Å². The van der Waals surface area contributed by atoms with Crippen LogP contribution in [0.3, 0.4) is 0 Å². The van der Waals surface area contributed by atoms with Crippen LogP contribution in [0.15, 0.2) is 24.0 Å². The first-order valence-electron chi connectivity index (χ1n) is 6.25. The second kappa shape index (κ2) is 6.01. The third kappa shape index (κ3) is 6.27. The van der Waals surface area contributed by atoms with Gasteiger partial charge in [0.2, 0.25) is 0 Å². The molecule has 0 saturated heterocycles. The first kappa shape index (κ1) is 14.0. The van der Waals surface area contributed by atoms with Gasteiger partial charge in [0.1, 0.15) is 0 Å². The Labute approximate surface area is 105 Å². The van der Waals surface area contributed by atoms with Crippen LogP contribution in [0.5, 0.6) is 0 Å². The standard InChI is InChI=1S/C14H25N3/c1-12(7-6-8-15-14(2,3)4)9-13-10-16-17(5)11-13/h7,10-11,15H,6,8-9H2,1-5H3. The zero-order chi connectivity index (χ0) is 12.9.